The second-order valence-electron chi connectivity index (χ2n) is 6.35. The lowest BCUT2D eigenvalue weighted by molar-refractivity contribution is 0.0898. The standard InChI is InChI=1S/C16H26N2O/c1-11-8-12(2)10-13(9-11)15(19)18-14(6-7-17)16(3,4)5/h8-10,14H,6-7,17H2,1-5H3,(H,18,19). The zero-order valence-corrected chi connectivity index (χ0v) is 12.7. The third-order valence-electron chi connectivity index (χ3n) is 3.29. The number of carbonyl (C=O) groups is 1. The number of benzene rings is 1. The van der Waals surface area contributed by atoms with Crippen molar-refractivity contribution in [2.75, 3.05) is 6.54 Å². The highest BCUT2D eigenvalue weighted by molar-refractivity contribution is 5.94. The minimum atomic E-state index is -0.0137. The summed E-state index contributed by atoms with van der Waals surface area (Å²) in [6.07, 6.45) is 0.792. The van der Waals surface area contributed by atoms with Gasteiger partial charge in [-0.2, -0.15) is 0 Å². The molecule has 1 atom stereocenters. The van der Waals surface area contributed by atoms with Gasteiger partial charge in [-0.1, -0.05) is 38.0 Å². The highest BCUT2D eigenvalue weighted by Crippen LogP contribution is 2.22. The molecule has 1 unspecified atom stereocenters. The third-order valence-corrected chi connectivity index (χ3v) is 3.29. The van der Waals surface area contributed by atoms with Crippen LogP contribution in [0, 0.1) is 19.3 Å². The van der Waals surface area contributed by atoms with E-state index in [4.69, 9.17) is 5.73 Å². The largest absolute Gasteiger partial charge is 0.349 e. The van der Waals surface area contributed by atoms with E-state index in [1.165, 1.54) is 0 Å². The summed E-state index contributed by atoms with van der Waals surface area (Å²) in [4.78, 5) is 12.3. The highest BCUT2D eigenvalue weighted by Gasteiger charge is 2.25. The van der Waals surface area contributed by atoms with Crippen molar-refractivity contribution in [3.05, 3.63) is 34.9 Å². The van der Waals surface area contributed by atoms with Crippen molar-refractivity contribution in [3.8, 4) is 0 Å². The van der Waals surface area contributed by atoms with Crippen LogP contribution in [0.4, 0.5) is 0 Å². The second kappa shape index (κ2) is 6.20. The van der Waals surface area contributed by atoms with Crippen molar-refractivity contribution in [1.29, 1.82) is 0 Å². The van der Waals surface area contributed by atoms with E-state index in [1.807, 2.05) is 26.0 Å². The molecular formula is C16H26N2O. The molecule has 3 N–H and O–H groups in total. The highest BCUT2D eigenvalue weighted by atomic mass is 16.1. The zero-order chi connectivity index (χ0) is 14.6. The summed E-state index contributed by atoms with van der Waals surface area (Å²) < 4.78 is 0. The number of nitrogens with two attached hydrogens (primary N) is 1. The Morgan fingerprint density at radius 3 is 2.16 bits per heavy atom. The Hall–Kier alpha value is -1.35. The molecule has 0 spiro atoms. The lowest BCUT2D eigenvalue weighted by Gasteiger charge is -2.31. The minimum Gasteiger partial charge on any atom is -0.349 e. The van der Waals surface area contributed by atoms with E-state index in [2.05, 4.69) is 32.2 Å². The van der Waals surface area contributed by atoms with Crippen LogP contribution in [0.15, 0.2) is 18.2 Å². The SMILES string of the molecule is Cc1cc(C)cc(C(=O)NC(CCN)C(C)(C)C)c1. The topological polar surface area (TPSA) is 55.1 Å². The van der Waals surface area contributed by atoms with Gasteiger partial charge >= 0.3 is 0 Å². The lowest BCUT2D eigenvalue weighted by atomic mass is 9.84. The molecule has 106 valence electrons. The van der Waals surface area contributed by atoms with E-state index < -0.39 is 0 Å². The number of carbonyl (C=O) groups excluding carboxylic acids is 1. The molecule has 1 rings (SSSR count). The van der Waals surface area contributed by atoms with Crippen LogP contribution in [-0.2, 0) is 0 Å². The summed E-state index contributed by atoms with van der Waals surface area (Å²) in [5, 5.41) is 3.11. The fourth-order valence-corrected chi connectivity index (χ4v) is 2.24. The number of nitrogens with one attached hydrogen (secondary N) is 1. The van der Waals surface area contributed by atoms with Crippen LogP contribution in [0.1, 0.15) is 48.7 Å². The Balaban J connectivity index is 2.87. The van der Waals surface area contributed by atoms with E-state index in [0.717, 1.165) is 23.1 Å². The molecule has 1 aromatic rings. The van der Waals surface area contributed by atoms with E-state index >= 15 is 0 Å². The fraction of sp³-hybridized carbons (Fsp3) is 0.562. The lowest BCUT2D eigenvalue weighted by Crippen LogP contribution is -2.44. The minimum absolute atomic E-state index is 0.00784. The molecule has 0 aliphatic rings. The maximum absolute atomic E-state index is 12.3. The molecule has 3 nitrogen and oxygen atoms in total. The van der Waals surface area contributed by atoms with Crippen LogP contribution in [0.25, 0.3) is 0 Å². The molecule has 0 saturated heterocycles. The first-order valence-electron chi connectivity index (χ1n) is 6.83. The van der Waals surface area contributed by atoms with E-state index in [9.17, 15) is 4.79 Å². The number of hydrogen-bond donors (Lipinski definition) is 2. The first-order chi connectivity index (χ1) is 8.74. The van der Waals surface area contributed by atoms with Crippen LogP contribution >= 0.6 is 0 Å². The fourth-order valence-electron chi connectivity index (χ4n) is 2.24. The summed E-state index contributed by atoms with van der Waals surface area (Å²) in [5.41, 5.74) is 8.59. The van der Waals surface area contributed by atoms with Crippen molar-refractivity contribution in [2.45, 2.75) is 47.1 Å². The number of hydrogen-bond acceptors (Lipinski definition) is 2. The Labute approximate surface area is 116 Å². The maximum Gasteiger partial charge on any atom is 0.251 e. The average Bonchev–Trinajstić information content (AvgIpc) is 2.25. The molecule has 0 bridgehead atoms. The van der Waals surface area contributed by atoms with Gasteiger partial charge in [0.25, 0.3) is 5.91 Å². The van der Waals surface area contributed by atoms with Crippen molar-refractivity contribution >= 4 is 5.91 Å². The van der Waals surface area contributed by atoms with Crippen molar-refractivity contribution in [3.63, 3.8) is 0 Å². The van der Waals surface area contributed by atoms with E-state index in [0.29, 0.717) is 6.54 Å². The third kappa shape index (κ3) is 4.67. The molecule has 1 aromatic carbocycles. The summed E-state index contributed by atoms with van der Waals surface area (Å²) in [6.45, 7) is 10.9. The molecule has 0 heterocycles. The molecular weight excluding hydrogens is 236 g/mol. The summed E-state index contributed by atoms with van der Waals surface area (Å²) in [7, 11) is 0. The van der Waals surface area contributed by atoms with Gasteiger partial charge in [-0.05, 0) is 44.4 Å². The van der Waals surface area contributed by atoms with Gasteiger partial charge in [-0.3, -0.25) is 4.79 Å². The molecule has 0 saturated carbocycles. The molecule has 0 aliphatic carbocycles. The van der Waals surface area contributed by atoms with Gasteiger partial charge in [0.15, 0.2) is 0 Å². The quantitative estimate of drug-likeness (QED) is 0.876. The normalized spacial score (nSPS) is 13.2. The van der Waals surface area contributed by atoms with Crippen LogP contribution in [0.5, 0.6) is 0 Å². The van der Waals surface area contributed by atoms with Gasteiger partial charge in [0, 0.05) is 11.6 Å². The average molecular weight is 262 g/mol. The maximum atomic E-state index is 12.3. The van der Waals surface area contributed by atoms with Crippen LogP contribution < -0.4 is 11.1 Å². The molecule has 0 aromatic heterocycles. The van der Waals surface area contributed by atoms with Crippen molar-refractivity contribution < 1.29 is 4.79 Å². The summed E-state index contributed by atoms with van der Waals surface area (Å²) >= 11 is 0. The summed E-state index contributed by atoms with van der Waals surface area (Å²) in [5.74, 6) is -0.0137. The van der Waals surface area contributed by atoms with Gasteiger partial charge < -0.3 is 11.1 Å². The molecule has 19 heavy (non-hydrogen) atoms. The van der Waals surface area contributed by atoms with Crippen LogP contribution in [0.3, 0.4) is 0 Å². The first-order valence-corrected chi connectivity index (χ1v) is 6.83. The Kier molecular flexibility index (Phi) is 5.12. The van der Waals surface area contributed by atoms with Crippen molar-refractivity contribution in [2.24, 2.45) is 11.1 Å². The van der Waals surface area contributed by atoms with Crippen LogP contribution in [0.2, 0.25) is 0 Å². The summed E-state index contributed by atoms with van der Waals surface area (Å²) in [6, 6.07) is 6.00. The second-order valence-corrected chi connectivity index (χ2v) is 6.35. The molecule has 3 heteroatoms. The van der Waals surface area contributed by atoms with E-state index in [-0.39, 0.29) is 17.4 Å². The number of amides is 1. The Morgan fingerprint density at radius 2 is 1.74 bits per heavy atom. The zero-order valence-electron chi connectivity index (χ0n) is 12.7. The molecule has 1 amide bonds. The first kappa shape index (κ1) is 15.7. The van der Waals surface area contributed by atoms with Gasteiger partial charge in [0.05, 0.1) is 0 Å². The Morgan fingerprint density at radius 1 is 1.21 bits per heavy atom. The Bertz CT molecular complexity index is 426. The van der Waals surface area contributed by atoms with Crippen molar-refractivity contribution in [1.82, 2.24) is 5.32 Å². The monoisotopic (exact) mass is 262 g/mol. The number of aryl methyl sites for hydroxylation is 2. The molecule has 0 fully saturated rings. The predicted octanol–water partition coefficient (Wildman–Crippen LogP) is 2.80. The van der Waals surface area contributed by atoms with Gasteiger partial charge in [0.2, 0.25) is 0 Å². The van der Waals surface area contributed by atoms with E-state index in [1.54, 1.807) is 0 Å². The van der Waals surface area contributed by atoms with Gasteiger partial charge in [-0.25, -0.2) is 0 Å². The van der Waals surface area contributed by atoms with Gasteiger partial charge in [0.1, 0.15) is 0 Å². The molecule has 0 aliphatic heterocycles. The van der Waals surface area contributed by atoms with Gasteiger partial charge in [-0.15, -0.1) is 0 Å². The number of rotatable bonds is 4. The smallest absolute Gasteiger partial charge is 0.251 e. The predicted molar refractivity (Wildman–Crippen MR) is 80.3 cm³/mol. The molecule has 0 radical (unpaired) electrons. The van der Waals surface area contributed by atoms with Crippen LogP contribution in [-0.4, -0.2) is 18.5 Å².